The lowest BCUT2D eigenvalue weighted by atomic mass is 9.85. The zero-order valence-corrected chi connectivity index (χ0v) is 31.3. The normalized spacial score (nSPS) is 11.5. The van der Waals surface area contributed by atoms with Crippen molar-refractivity contribution < 1.29 is 0 Å². The number of hydrogen-bond donors (Lipinski definition) is 0. The van der Waals surface area contributed by atoms with Gasteiger partial charge in [0.1, 0.15) is 0 Å². The summed E-state index contributed by atoms with van der Waals surface area (Å²) in [6, 6.07) is 82.2. The first-order chi connectivity index (χ1) is 28.3. The quantitative estimate of drug-likeness (QED) is 0.154. The van der Waals surface area contributed by atoms with E-state index in [0.717, 1.165) is 17.1 Å². The molecule has 0 spiro atoms. The van der Waals surface area contributed by atoms with Crippen LogP contribution in [0.2, 0.25) is 0 Å². The largest absolute Gasteiger partial charge is 0.310 e. The second kappa shape index (κ2) is 13.7. The first-order valence-corrected chi connectivity index (χ1v) is 19.7. The first-order valence-electron chi connectivity index (χ1n) is 19.7. The average molecular weight is 724 g/mol. The summed E-state index contributed by atoms with van der Waals surface area (Å²) in [5.41, 5.74) is 10.6. The van der Waals surface area contributed by atoms with Crippen molar-refractivity contribution >= 4 is 70.9 Å². The van der Waals surface area contributed by atoms with E-state index in [-0.39, 0.29) is 0 Å². The highest BCUT2D eigenvalue weighted by molar-refractivity contribution is 6.22. The molecule has 57 heavy (non-hydrogen) atoms. The maximum absolute atomic E-state index is 2.44. The minimum absolute atomic E-state index is 1.10. The average Bonchev–Trinajstić information content (AvgIpc) is 3.29. The molecule has 1 heteroatoms. The first kappa shape index (κ1) is 32.9. The molecule has 0 saturated carbocycles. The molecule has 0 radical (unpaired) electrons. The minimum Gasteiger partial charge on any atom is -0.310 e. The Kier molecular flexibility index (Phi) is 7.89. The highest BCUT2D eigenvalue weighted by atomic mass is 15.1. The summed E-state index contributed by atoms with van der Waals surface area (Å²) in [5.74, 6) is 0. The van der Waals surface area contributed by atoms with Gasteiger partial charge in [0.25, 0.3) is 0 Å². The van der Waals surface area contributed by atoms with Crippen LogP contribution < -0.4 is 4.90 Å². The fraction of sp³-hybridized carbons (Fsp3) is 0. The van der Waals surface area contributed by atoms with Crippen LogP contribution in [0, 0.1) is 0 Å². The molecule has 11 aromatic rings. The third-order valence-electron chi connectivity index (χ3n) is 11.6. The van der Waals surface area contributed by atoms with Crippen molar-refractivity contribution in [3.05, 3.63) is 224 Å². The van der Waals surface area contributed by atoms with Crippen LogP contribution in [0.3, 0.4) is 0 Å². The van der Waals surface area contributed by atoms with E-state index in [1.807, 2.05) is 0 Å². The maximum Gasteiger partial charge on any atom is 0.0468 e. The summed E-state index contributed by atoms with van der Waals surface area (Å²) in [6.45, 7) is 0. The van der Waals surface area contributed by atoms with Gasteiger partial charge < -0.3 is 4.90 Å². The number of anilines is 3. The molecule has 0 unspecified atom stereocenters. The lowest BCUT2D eigenvalue weighted by Gasteiger charge is -2.28. The van der Waals surface area contributed by atoms with Crippen molar-refractivity contribution in [2.24, 2.45) is 0 Å². The van der Waals surface area contributed by atoms with Gasteiger partial charge in [0.05, 0.1) is 0 Å². The fourth-order valence-electron chi connectivity index (χ4n) is 8.91. The Morgan fingerprint density at radius 3 is 1.47 bits per heavy atom. The second-order valence-corrected chi connectivity index (χ2v) is 14.9. The van der Waals surface area contributed by atoms with Crippen LogP contribution in [0.5, 0.6) is 0 Å². The molecular weight excluding hydrogens is 687 g/mol. The van der Waals surface area contributed by atoms with Crippen LogP contribution in [0.4, 0.5) is 17.1 Å². The summed E-state index contributed by atoms with van der Waals surface area (Å²) >= 11 is 0. The van der Waals surface area contributed by atoms with Gasteiger partial charge in [-0.05, 0) is 130 Å². The van der Waals surface area contributed by atoms with E-state index in [0.29, 0.717) is 0 Å². The Morgan fingerprint density at radius 1 is 0.211 bits per heavy atom. The molecule has 266 valence electrons. The smallest absolute Gasteiger partial charge is 0.0468 e. The SMILES string of the molecule is c1ccc(-c2c(-c3ccccc3)c3cc(N(c4cccc(-c5ccc6ccccc6c5)c4)c4ccc5c(ccc6ccccc65)c4)ccc3c3ccccc23)cc1. The molecule has 0 aliphatic heterocycles. The van der Waals surface area contributed by atoms with Crippen LogP contribution in [-0.4, -0.2) is 0 Å². The molecule has 11 rings (SSSR count). The van der Waals surface area contributed by atoms with Crippen molar-refractivity contribution in [2.45, 2.75) is 0 Å². The van der Waals surface area contributed by atoms with Gasteiger partial charge in [0, 0.05) is 17.1 Å². The van der Waals surface area contributed by atoms with Crippen molar-refractivity contribution in [1.29, 1.82) is 0 Å². The maximum atomic E-state index is 2.44. The van der Waals surface area contributed by atoms with E-state index in [2.05, 4.69) is 229 Å². The number of fused-ring (bicyclic) bond motifs is 7. The molecule has 0 aromatic heterocycles. The molecule has 0 heterocycles. The van der Waals surface area contributed by atoms with Gasteiger partial charge in [-0.2, -0.15) is 0 Å². The Bertz CT molecular complexity index is 3290. The fourth-order valence-corrected chi connectivity index (χ4v) is 8.91. The molecule has 0 bridgehead atoms. The Labute approximate surface area is 332 Å². The highest BCUT2D eigenvalue weighted by Crippen LogP contribution is 2.47. The zero-order valence-electron chi connectivity index (χ0n) is 31.3. The van der Waals surface area contributed by atoms with Crippen LogP contribution in [0.25, 0.3) is 87.2 Å². The summed E-state index contributed by atoms with van der Waals surface area (Å²) in [5, 5.41) is 12.4. The molecule has 0 amide bonds. The van der Waals surface area contributed by atoms with Gasteiger partial charge in [-0.3, -0.25) is 0 Å². The number of rotatable bonds is 6. The molecular formula is C56H37N. The van der Waals surface area contributed by atoms with E-state index in [1.54, 1.807) is 0 Å². The van der Waals surface area contributed by atoms with Gasteiger partial charge in [0.15, 0.2) is 0 Å². The highest BCUT2D eigenvalue weighted by Gasteiger charge is 2.21. The summed E-state index contributed by atoms with van der Waals surface area (Å²) in [7, 11) is 0. The van der Waals surface area contributed by atoms with E-state index >= 15 is 0 Å². The van der Waals surface area contributed by atoms with Crippen molar-refractivity contribution in [3.8, 4) is 33.4 Å². The minimum atomic E-state index is 1.10. The van der Waals surface area contributed by atoms with Crippen LogP contribution in [0.15, 0.2) is 224 Å². The van der Waals surface area contributed by atoms with Gasteiger partial charge in [-0.1, -0.05) is 182 Å². The van der Waals surface area contributed by atoms with Gasteiger partial charge in [-0.25, -0.2) is 0 Å². The lowest BCUT2D eigenvalue weighted by Crippen LogP contribution is -2.10. The van der Waals surface area contributed by atoms with Crippen LogP contribution >= 0.6 is 0 Å². The molecule has 11 aromatic carbocycles. The predicted molar refractivity (Wildman–Crippen MR) is 245 cm³/mol. The van der Waals surface area contributed by atoms with Crippen molar-refractivity contribution in [3.63, 3.8) is 0 Å². The summed E-state index contributed by atoms with van der Waals surface area (Å²) in [4.78, 5) is 2.44. The van der Waals surface area contributed by atoms with Crippen molar-refractivity contribution in [1.82, 2.24) is 0 Å². The number of hydrogen-bond acceptors (Lipinski definition) is 1. The standard InChI is InChI=1S/C56H37N/c1-3-16-40(17-4-1)55-53-25-12-11-24-51(53)52-33-31-48(37-54(52)56(55)41-18-5-2-6-19-41)57(47-30-32-50-45(36-47)29-27-39-15-9-10-23-49(39)50)46-22-13-21-43(35-46)44-28-26-38-14-7-8-20-42(38)34-44/h1-37H. The third-order valence-corrected chi connectivity index (χ3v) is 11.6. The molecule has 0 saturated heterocycles. The Morgan fingerprint density at radius 2 is 0.702 bits per heavy atom. The Balaban J connectivity index is 1.19. The summed E-state index contributed by atoms with van der Waals surface area (Å²) in [6.07, 6.45) is 0. The second-order valence-electron chi connectivity index (χ2n) is 14.9. The van der Waals surface area contributed by atoms with Crippen LogP contribution in [-0.2, 0) is 0 Å². The topological polar surface area (TPSA) is 3.24 Å². The number of nitrogens with zero attached hydrogens (tertiary/aromatic N) is 1. The van der Waals surface area contributed by atoms with E-state index in [4.69, 9.17) is 0 Å². The third kappa shape index (κ3) is 5.72. The monoisotopic (exact) mass is 723 g/mol. The molecule has 0 N–H and O–H groups in total. The van der Waals surface area contributed by atoms with E-state index in [9.17, 15) is 0 Å². The molecule has 0 atom stereocenters. The lowest BCUT2D eigenvalue weighted by molar-refractivity contribution is 1.29. The van der Waals surface area contributed by atoms with Crippen LogP contribution in [0.1, 0.15) is 0 Å². The molecule has 1 nitrogen and oxygen atoms in total. The van der Waals surface area contributed by atoms with Gasteiger partial charge in [-0.15, -0.1) is 0 Å². The number of benzene rings is 11. The van der Waals surface area contributed by atoms with Gasteiger partial charge in [0.2, 0.25) is 0 Å². The van der Waals surface area contributed by atoms with E-state index < -0.39 is 0 Å². The molecule has 0 fully saturated rings. The molecule has 0 aliphatic carbocycles. The summed E-state index contributed by atoms with van der Waals surface area (Å²) < 4.78 is 0. The predicted octanol–water partition coefficient (Wildman–Crippen LogP) is 15.9. The molecule has 0 aliphatic rings. The van der Waals surface area contributed by atoms with Crippen molar-refractivity contribution in [2.75, 3.05) is 4.90 Å². The van der Waals surface area contributed by atoms with Gasteiger partial charge >= 0.3 is 0 Å². The zero-order chi connectivity index (χ0) is 37.7. The Hall–Kier alpha value is -7.48. The van der Waals surface area contributed by atoms with E-state index in [1.165, 1.54) is 87.2 Å².